The molecular weight excluding hydrogens is 398 g/mol. The third-order valence-electron chi connectivity index (χ3n) is 5.08. The van der Waals surface area contributed by atoms with Gasteiger partial charge in [-0.05, 0) is 42.5 Å². The number of carbonyl (C=O) groups is 2. The molecule has 0 aromatic heterocycles. The zero-order valence-corrected chi connectivity index (χ0v) is 17.4. The van der Waals surface area contributed by atoms with Crippen LogP contribution in [0.2, 0.25) is 0 Å². The average Bonchev–Trinajstić information content (AvgIpc) is 2.75. The van der Waals surface area contributed by atoms with Gasteiger partial charge < -0.3 is 31.1 Å². The second kappa shape index (κ2) is 9.84. The van der Waals surface area contributed by atoms with E-state index in [9.17, 15) is 14.7 Å². The Labute approximate surface area is 180 Å². The van der Waals surface area contributed by atoms with E-state index in [4.69, 9.17) is 15.9 Å². The number of ether oxygens (including phenoxy) is 1. The number of nitrogens with two attached hydrogens (primary N) is 1. The molecule has 2 aromatic rings. The maximum atomic E-state index is 12.2. The Morgan fingerprint density at radius 3 is 2.48 bits per heavy atom. The smallest absolute Gasteiger partial charge is 0.243 e. The van der Waals surface area contributed by atoms with Gasteiger partial charge in [0.05, 0.1) is 12.2 Å². The fourth-order valence-corrected chi connectivity index (χ4v) is 3.31. The lowest BCUT2D eigenvalue weighted by Gasteiger charge is -2.31. The molecule has 1 saturated heterocycles. The number of piperidine rings is 1. The number of likely N-dealkylation sites (tertiary alicyclic amines) is 1. The summed E-state index contributed by atoms with van der Waals surface area (Å²) in [6.07, 6.45) is 1.69. The van der Waals surface area contributed by atoms with E-state index in [1.165, 1.54) is 18.2 Å². The van der Waals surface area contributed by atoms with Crippen molar-refractivity contribution < 1.29 is 19.4 Å². The first kappa shape index (κ1) is 21.9. The molecule has 2 aromatic carbocycles. The molecule has 1 fully saturated rings. The third kappa shape index (κ3) is 6.11. The highest BCUT2D eigenvalue weighted by Gasteiger charge is 2.21. The first-order valence-electron chi connectivity index (χ1n) is 10.0. The van der Waals surface area contributed by atoms with E-state index in [-0.39, 0.29) is 41.7 Å². The van der Waals surface area contributed by atoms with Gasteiger partial charge in [-0.25, -0.2) is 0 Å². The van der Waals surface area contributed by atoms with Crippen LogP contribution < -0.4 is 21.1 Å². The van der Waals surface area contributed by atoms with Gasteiger partial charge in [-0.3, -0.25) is 15.0 Å². The van der Waals surface area contributed by atoms with Crippen LogP contribution in [-0.2, 0) is 9.59 Å². The molecule has 1 aliphatic heterocycles. The molecule has 0 atom stereocenters. The van der Waals surface area contributed by atoms with Crippen molar-refractivity contribution >= 4 is 29.0 Å². The van der Waals surface area contributed by atoms with Crippen molar-refractivity contribution in [2.75, 3.05) is 30.3 Å². The maximum absolute atomic E-state index is 12.2. The molecule has 0 unspecified atom stereocenters. The Morgan fingerprint density at radius 2 is 1.87 bits per heavy atom. The van der Waals surface area contributed by atoms with Crippen molar-refractivity contribution in [2.24, 2.45) is 5.73 Å². The third-order valence-corrected chi connectivity index (χ3v) is 5.08. The molecule has 0 bridgehead atoms. The van der Waals surface area contributed by atoms with E-state index < -0.39 is 0 Å². The summed E-state index contributed by atoms with van der Waals surface area (Å²) in [6, 6.07) is 11.6. The van der Waals surface area contributed by atoms with Crippen molar-refractivity contribution in [2.45, 2.75) is 25.9 Å². The molecule has 31 heavy (non-hydrogen) atoms. The van der Waals surface area contributed by atoms with Crippen molar-refractivity contribution in [3.63, 3.8) is 0 Å². The highest BCUT2D eigenvalue weighted by molar-refractivity contribution is 5.99. The average molecular weight is 425 g/mol. The van der Waals surface area contributed by atoms with Gasteiger partial charge in [0.1, 0.15) is 23.4 Å². The van der Waals surface area contributed by atoms with E-state index in [2.05, 4.69) is 10.6 Å². The number of rotatable bonds is 7. The van der Waals surface area contributed by atoms with Gasteiger partial charge in [-0.15, -0.1) is 0 Å². The zero-order chi connectivity index (χ0) is 22.4. The molecule has 0 radical (unpaired) electrons. The van der Waals surface area contributed by atoms with E-state index in [1.54, 1.807) is 6.92 Å². The lowest BCUT2D eigenvalue weighted by atomic mass is 10.1. The Balaban J connectivity index is 1.47. The summed E-state index contributed by atoms with van der Waals surface area (Å²) in [6.45, 7) is 2.99. The van der Waals surface area contributed by atoms with Gasteiger partial charge in [-0.2, -0.15) is 0 Å². The number of nitrogen functional groups attached to an aromatic ring is 1. The Kier molecular flexibility index (Phi) is 6.96. The lowest BCUT2D eigenvalue weighted by Crippen LogP contribution is -2.40. The van der Waals surface area contributed by atoms with Crippen LogP contribution in [-0.4, -0.2) is 53.4 Å². The highest BCUT2D eigenvalue weighted by Crippen LogP contribution is 2.24. The van der Waals surface area contributed by atoms with E-state index in [0.717, 1.165) is 24.3 Å². The first-order chi connectivity index (χ1) is 14.8. The predicted octanol–water partition coefficient (Wildman–Crippen LogP) is 2.12. The molecule has 3 rings (SSSR count). The monoisotopic (exact) mass is 425 g/mol. The normalized spacial score (nSPS) is 14.0. The molecule has 9 heteroatoms. The number of phenolic OH excluding ortho intramolecular Hbond substituents is 1. The predicted molar refractivity (Wildman–Crippen MR) is 119 cm³/mol. The van der Waals surface area contributed by atoms with Crippen LogP contribution in [0.25, 0.3) is 0 Å². The molecule has 0 spiro atoms. The highest BCUT2D eigenvalue weighted by atomic mass is 16.5. The van der Waals surface area contributed by atoms with Crippen LogP contribution in [0.15, 0.2) is 42.5 Å². The van der Waals surface area contributed by atoms with Crippen LogP contribution in [0, 0.1) is 5.41 Å². The molecule has 0 aliphatic carbocycles. The largest absolute Gasteiger partial charge is 0.506 e. The molecule has 9 nitrogen and oxygen atoms in total. The minimum atomic E-state index is -0.353. The standard InChI is InChI=1S/C22H27N5O4/c1-14(28)27-10-8-18(9-11-27)31-17-5-3-16(4-6-17)25-13-21(30)26-19-12-15(22(23)24)2-7-20(19)29/h2-7,12,18,25,29H,8-11,13H2,1H3,(H3,23,24)(H,26,30). The summed E-state index contributed by atoms with van der Waals surface area (Å²) in [5.74, 6) is 0.227. The second-order valence-electron chi connectivity index (χ2n) is 7.39. The quantitative estimate of drug-likeness (QED) is 0.261. The molecule has 1 aliphatic rings. The summed E-state index contributed by atoms with van der Waals surface area (Å²) in [7, 11) is 0. The molecule has 1 heterocycles. The van der Waals surface area contributed by atoms with Crippen LogP contribution in [0.4, 0.5) is 11.4 Å². The second-order valence-corrected chi connectivity index (χ2v) is 7.39. The molecule has 164 valence electrons. The Morgan fingerprint density at radius 1 is 1.19 bits per heavy atom. The summed E-state index contributed by atoms with van der Waals surface area (Å²) in [5, 5.41) is 22.9. The SMILES string of the molecule is CC(=O)N1CCC(Oc2ccc(NCC(=O)Nc3cc(C(=N)N)ccc3O)cc2)CC1. The summed E-state index contributed by atoms with van der Waals surface area (Å²) in [4.78, 5) is 25.4. The van der Waals surface area contributed by atoms with E-state index in [0.29, 0.717) is 18.7 Å². The zero-order valence-electron chi connectivity index (χ0n) is 17.4. The number of hydrogen-bond acceptors (Lipinski definition) is 6. The van der Waals surface area contributed by atoms with Gasteiger partial charge >= 0.3 is 0 Å². The van der Waals surface area contributed by atoms with Gasteiger partial charge in [0, 0.05) is 44.1 Å². The number of carbonyl (C=O) groups excluding carboxylic acids is 2. The number of anilines is 2. The summed E-state index contributed by atoms with van der Waals surface area (Å²) >= 11 is 0. The number of nitrogens with one attached hydrogen (secondary N) is 3. The van der Waals surface area contributed by atoms with E-state index >= 15 is 0 Å². The maximum Gasteiger partial charge on any atom is 0.243 e. The van der Waals surface area contributed by atoms with Crippen LogP contribution in [0.3, 0.4) is 0 Å². The Hall–Kier alpha value is -3.75. The van der Waals surface area contributed by atoms with Gasteiger partial charge in [-0.1, -0.05) is 0 Å². The molecule has 0 saturated carbocycles. The van der Waals surface area contributed by atoms with Crippen molar-refractivity contribution in [1.82, 2.24) is 4.90 Å². The van der Waals surface area contributed by atoms with Gasteiger partial charge in [0.25, 0.3) is 0 Å². The number of aromatic hydroxyl groups is 1. The fourth-order valence-electron chi connectivity index (χ4n) is 3.31. The molecule has 2 amide bonds. The number of nitrogens with zero attached hydrogens (tertiary/aromatic N) is 1. The number of phenols is 1. The van der Waals surface area contributed by atoms with Crippen LogP contribution in [0.1, 0.15) is 25.3 Å². The molecular formula is C22H27N5O4. The van der Waals surface area contributed by atoms with Crippen molar-refractivity contribution in [3.8, 4) is 11.5 Å². The number of amides is 2. The van der Waals surface area contributed by atoms with Crippen molar-refractivity contribution in [3.05, 3.63) is 48.0 Å². The van der Waals surface area contributed by atoms with Crippen molar-refractivity contribution in [1.29, 1.82) is 5.41 Å². The topological polar surface area (TPSA) is 141 Å². The summed E-state index contributed by atoms with van der Waals surface area (Å²) < 4.78 is 5.99. The lowest BCUT2D eigenvalue weighted by molar-refractivity contribution is -0.130. The summed E-state index contributed by atoms with van der Waals surface area (Å²) in [5.41, 5.74) is 6.78. The first-order valence-corrected chi connectivity index (χ1v) is 10.0. The van der Waals surface area contributed by atoms with Crippen LogP contribution in [0.5, 0.6) is 11.5 Å². The number of benzene rings is 2. The Bertz CT molecular complexity index is 953. The van der Waals surface area contributed by atoms with Gasteiger partial charge in [0.15, 0.2) is 0 Å². The van der Waals surface area contributed by atoms with Crippen LogP contribution >= 0.6 is 0 Å². The molecule has 6 N–H and O–H groups in total. The van der Waals surface area contributed by atoms with Gasteiger partial charge in [0.2, 0.25) is 11.8 Å². The minimum absolute atomic E-state index is 0.00650. The minimum Gasteiger partial charge on any atom is -0.506 e. The number of hydrogen-bond donors (Lipinski definition) is 5. The number of amidine groups is 1. The van der Waals surface area contributed by atoms with E-state index in [1.807, 2.05) is 29.2 Å². The fraction of sp³-hybridized carbons (Fsp3) is 0.318.